The van der Waals surface area contributed by atoms with Gasteiger partial charge in [-0.2, -0.15) is 0 Å². The van der Waals surface area contributed by atoms with Crippen LogP contribution in [0.25, 0.3) is 11.6 Å². The Hall–Kier alpha value is -3.86. The summed E-state index contributed by atoms with van der Waals surface area (Å²) in [6, 6.07) is 22.1. The molecule has 0 spiro atoms. The van der Waals surface area contributed by atoms with Gasteiger partial charge in [-0.1, -0.05) is 42.5 Å². The second-order valence-corrected chi connectivity index (χ2v) is 8.32. The number of hydrogen-bond acceptors (Lipinski definition) is 4. The molecule has 1 aliphatic rings. The zero-order valence-electron chi connectivity index (χ0n) is 18.3. The first-order chi connectivity index (χ1) is 15.3. The maximum absolute atomic E-state index is 13.3. The van der Waals surface area contributed by atoms with Crippen molar-refractivity contribution < 1.29 is 19.1 Å². The number of benzene rings is 3. The summed E-state index contributed by atoms with van der Waals surface area (Å²) in [5.41, 5.74) is 2.67. The van der Waals surface area contributed by atoms with E-state index in [1.54, 1.807) is 25.3 Å². The lowest BCUT2D eigenvalue weighted by Gasteiger charge is -2.31. The molecule has 0 aliphatic carbocycles. The summed E-state index contributed by atoms with van der Waals surface area (Å²) in [6.45, 7) is 3.78. The van der Waals surface area contributed by atoms with E-state index < -0.39 is 5.60 Å². The number of fused-ring (bicyclic) bond motifs is 1. The highest BCUT2D eigenvalue weighted by Gasteiger charge is 2.32. The third-order valence-electron chi connectivity index (χ3n) is 5.27. The fourth-order valence-electron chi connectivity index (χ4n) is 3.69. The summed E-state index contributed by atoms with van der Waals surface area (Å²) in [5.74, 6) is 1.03. The lowest BCUT2D eigenvalue weighted by atomic mass is 9.93. The Morgan fingerprint density at radius 1 is 1.03 bits per heavy atom. The Morgan fingerprint density at radius 2 is 1.75 bits per heavy atom. The Labute approximate surface area is 187 Å². The first-order valence-corrected chi connectivity index (χ1v) is 10.4. The number of carbonyl (C=O) groups is 2. The molecule has 32 heavy (non-hydrogen) atoms. The van der Waals surface area contributed by atoms with Crippen molar-refractivity contribution in [3.05, 3.63) is 89.5 Å². The number of carbonyl (C=O) groups excluding carboxylic acids is 2. The van der Waals surface area contributed by atoms with E-state index >= 15 is 0 Å². The molecule has 0 fully saturated rings. The highest BCUT2D eigenvalue weighted by atomic mass is 16.5. The van der Waals surface area contributed by atoms with E-state index in [1.807, 2.05) is 74.5 Å². The van der Waals surface area contributed by atoms with E-state index in [1.165, 1.54) is 0 Å². The molecule has 5 heteroatoms. The number of methoxy groups -OCH3 is 1. The quantitative estimate of drug-likeness (QED) is 0.424. The monoisotopic (exact) mass is 427 g/mol. The van der Waals surface area contributed by atoms with Crippen molar-refractivity contribution >= 4 is 29.0 Å². The molecule has 1 heterocycles. The fraction of sp³-hybridized carbons (Fsp3) is 0.185. The molecular formula is C27H25NO4. The second-order valence-electron chi connectivity index (χ2n) is 8.32. The van der Waals surface area contributed by atoms with Crippen LogP contribution >= 0.6 is 0 Å². The van der Waals surface area contributed by atoms with Crippen molar-refractivity contribution in [2.75, 3.05) is 12.4 Å². The van der Waals surface area contributed by atoms with Crippen LogP contribution in [0.15, 0.2) is 72.8 Å². The largest absolute Gasteiger partial charge is 0.497 e. The Balaban J connectivity index is 1.64. The number of rotatable bonds is 5. The zero-order chi connectivity index (χ0) is 22.7. The molecule has 0 radical (unpaired) electrons. The van der Waals surface area contributed by atoms with E-state index in [9.17, 15) is 9.59 Å². The fourth-order valence-corrected chi connectivity index (χ4v) is 3.69. The zero-order valence-corrected chi connectivity index (χ0v) is 18.3. The average molecular weight is 428 g/mol. The van der Waals surface area contributed by atoms with Crippen LogP contribution in [0.4, 0.5) is 5.69 Å². The van der Waals surface area contributed by atoms with E-state index in [4.69, 9.17) is 9.47 Å². The first-order valence-electron chi connectivity index (χ1n) is 10.4. The Morgan fingerprint density at radius 3 is 2.44 bits per heavy atom. The highest BCUT2D eigenvalue weighted by molar-refractivity contribution is 6.29. The Bertz CT molecular complexity index is 1180. The second kappa shape index (κ2) is 8.71. The molecule has 0 aromatic heterocycles. The average Bonchev–Trinajstić information content (AvgIpc) is 2.78. The number of nitrogens with one attached hydrogen (secondary N) is 1. The molecule has 0 bridgehead atoms. The van der Waals surface area contributed by atoms with E-state index in [-0.39, 0.29) is 11.7 Å². The third-order valence-corrected chi connectivity index (χ3v) is 5.27. The molecule has 0 saturated carbocycles. The summed E-state index contributed by atoms with van der Waals surface area (Å²) in [6.07, 6.45) is 2.13. The smallest absolute Gasteiger partial charge is 0.256 e. The molecule has 3 aromatic rings. The van der Waals surface area contributed by atoms with E-state index in [0.717, 1.165) is 16.9 Å². The van der Waals surface area contributed by atoms with Gasteiger partial charge in [0.1, 0.15) is 17.1 Å². The maximum Gasteiger partial charge on any atom is 0.256 e. The number of ketones is 1. The summed E-state index contributed by atoms with van der Waals surface area (Å²) < 4.78 is 11.1. The summed E-state index contributed by atoms with van der Waals surface area (Å²) in [7, 11) is 1.61. The van der Waals surface area contributed by atoms with E-state index in [0.29, 0.717) is 29.0 Å². The van der Waals surface area contributed by atoms with Crippen LogP contribution in [0.2, 0.25) is 0 Å². The van der Waals surface area contributed by atoms with Gasteiger partial charge in [0.2, 0.25) is 0 Å². The topological polar surface area (TPSA) is 64.6 Å². The van der Waals surface area contributed by atoms with E-state index in [2.05, 4.69) is 5.32 Å². The number of hydrogen-bond donors (Lipinski definition) is 1. The molecular weight excluding hydrogens is 402 g/mol. The lowest BCUT2D eigenvalue weighted by molar-refractivity contribution is -0.111. The standard InChI is InChI=1S/C27H25NO4/c1-27(2)17-24(29)23-16-20(11-14-25(23)32-27)28-26(30)22(19-7-5-4-6-8-19)15-18-9-12-21(31-3)13-10-18/h4-16H,17H2,1-3H3,(H,28,30)/b22-15+. The lowest BCUT2D eigenvalue weighted by Crippen LogP contribution is -2.35. The van der Waals surface area contributed by atoms with Gasteiger partial charge in [-0.15, -0.1) is 0 Å². The van der Waals surface area contributed by atoms with Crippen LogP contribution < -0.4 is 14.8 Å². The molecule has 0 saturated heterocycles. The first kappa shape index (κ1) is 21.4. The van der Waals surface area contributed by atoms with Crippen LogP contribution in [0.3, 0.4) is 0 Å². The molecule has 1 amide bonds. The van der Waals surface area contributed by atoms with Crippen LogP contribution in [-0.4, -0.2) is 24.4 Å². The van der Waals surface area contributed by atoms with Crippen molar-refractivity contribution in [1.29, 1.82) is 0 Å². The van der Waals surface area contributed by atoms with Crippen molar-refractivity contribution in [3.63, 3.8) is 0 Å². The normalized spacial score (nSPS) is 14.8. The predicted molar refractivity (Wildman–Crippen MR) is 126 cm³/mol. The van der Waals surface area contributed by atoms with Gasteiger partial charge < -0.3 is 14.8 Å². The van der Waals surface area contributed by atoms with Crippen molar-refractivity contribution in [2.24, 2.45) is 0 Å². The molecule has 3 aromatic carbocycles. The maximum atomic E-state index is 13.3. The minimum absolute atomic E-state index is 0.00408. The summed E-state index contributed by atoms with van der Waals surface area (Å²) in [4.78, 5) is 25.8. The van der Waals surface area contributed by atoms with Gasteiger partial charge in [-0.05, 0) is 61.4 Å². The van der Waals surface area contributed by atoms with Gasteiger partial charge in [-0.3, -0.25) is 9.59 Å². The van der Waals surface area contributed by atoms with Crippen molar-refractivity contribution in [2.45, 2.75) is 25.9 Å². The van der Waals surface area contributed by atoms with Crippen molar-refractivity contribution in [3.8, 4) is 11.5 Å². The van der Waals surface area contributed by atoms with Crippen LogP contribution in [0.1, 0.15) is 41.8 Å². The highest BCUT2D eigenvalue weighted by Crippen LogP contribution is 2.35. The molecule has 0 atom stereocenters. The van der Waals surface area contributed by atoms with Crippen LogP contribution in [0, 0.1) is 0 Å². The number of ether oxygens (including phenoxy) is 2. The summed E-state index contributed by atoms with van der Waals surface area (Å²) >= 11 is 0. The van der Waals surface area contributed by atoms with Gasteiger partial charge in [0.25, 0.3) is 5.91 Å². The Kier molecular flexibility index (Phi) is 5.82. The number of anilines is 1. The molecule has 1 aliphatic heterocycles. The van der Waals surface area contributed by atoms with Crippen LogP contribution in [0.5, 0.6) is 11.5 Å². The minimum Gasteiger partial charge on any atom is -0.497 e. The molecule has 5 nitrogen and oxygen atoms in total. The van der Waals surface area contributed by atoms with Gasteiger partial charge >= 0.3 is 0 Å². The third kappa shape index (κ3) is 4.72. The molecule has 4 rings (SSSR count). The van der Waals surface area contributed by atoms with Gasteiger partial charge in [0, 0.05) is 11.3 Å². The van der Waals surface area contributed by atoms with Crippen LogP contribution in [-0.2, 0) is 4.79 Å². The number of Topliss-reactive ketones (excluding diaryl/α,β-unsaturated/α-hetero) is 1. The molecule has 0 unspecified atom stereocenters. The van der Waals surface area contributed by atoms with Gasteiger partial charge in [0.15, 0.2) is 5.78 Å². The van der Waals surface area contributed by atoms with Gasteiger partial charge in [0.05, 0.1) is 19.1 Å². The number of amides is 1. The minimum atomic E-state index is -0.531. The molecule has 1 N–H and O–H groups in total. The van der Waals surface area contributed by atoms with Gasteiger partial charge in [-0.25, -0.2) is 0 Å². The summed E-state index contributed by atoms with van der Waals surface area (Å²) in [5, 5.41) is 2.94. The molecule has 162 valence electrons. The SMILES string of the molecule is COc1ccc(/C=C(/C(=O)Nc2ccc3c(c2)C(=O)CC(C)(C)O3)c2ccccc2)cc1. The predicted octanol–water partition coefficient (Wildman–Crippen LogP) is 5.62. The van der Waals surface area contributed by atoms with Crippen molar-refractivity contribution in [1.82, 2.24) is 0 Å².